The molecule has 1 aromatic carbocycles. The average Bonchev–Trinajstić information content (AvgIpc) is 3.19. The zero-order valence-electron chi connectivity index (χ0n) is 16.9. The quantitative estimate of drug-likeness (QED) is 0.391. The molecule has 3 rings (SSSR count). The lowest BCUT2D eigenvalue weighted by molar-refractivity contribution is 0.0921. The van der Waals surface area contributed by atoms with Crippen molar-refractivity contribution in [3.05, 3.63) is 67.0 Å². The van der Waals surface area contributed by atoms with E-state index in [1.54, 1.807) is 19.1 Å². The number of hydrazine groups is 1. The largest absolute Gasteiger partial charge is 0.452 e. The number of nitrogens with one attached hydrogen (secondary N) is 3. The van der Waals surface area contributed by atoms with Crippen LogP contribution in [-0.2, 0) is 4.74 Å². The first-order valence-corrected chi connectivity index (χ1v) is 10.9. The Bertz CT molecular complexity index is 1270. The molecule has 33 heavy (non-hydrogen) atoms. The molecule has 14 heteroatoms. The second-order valence-corrected chi connectivity index (χ2v) is 8.32. The Balaban J connectivity index is 2.01. The van der Waals surface area contributed by atoms with Gasteiger partial charge in [0.1, 0.15) is 10.3 Å². The van der Waals surface area contributed by atoms with Crippen molar-refractivity contribution in [2.45, 2.75) is 6.92 Å². The summed E-state index contributed by atoms with van der Waals surface area (Å²) in [6.07, 6.45) is 0.602. The maximum atomic E-state index is 13.2. The van der Waals surface area contributed by atoms with E-state index in [4.69, 9.17) is 34.8 Å². The number of benzene rings is 1. The number of carbonyl (C=O) groups is 3. The van der Waals surface area contributed by atoms with Gasteiger partial charge in [0.15, 0.2) is 5.82 Å². The molecule has 0 bridgehead atoms. The molecule has 3 aromatic rings. The van der Waals surface area contributed by atoms with Crippen molar-refractivity contribution in [3.63, 3.8) is 0 Å². The molecule has 0 unspecified atom stereocenters. The number of ether oxygens (including phenoxy) is 1. The van der Waals surface area contributed by atoms with Crippen molar-refractivity contribution < 1.29 is 19.1 Å². The zero-order chi connectivity index (χ0) is 24.3. The van der Waals surface area contributed by atoms with Crippen LogP contribution in [0.4, 0.5) is 10.5 Å². The highest BCUT2D eigenvalue weighted by Gasteiger charge is 2.24. The third kappa shape index (κ3) is 5.38. The van der Waals surface area contributed by atoms with Gasteiger partial charge in [-0.2, -0.15) is 5.10 Å². The monoisotopic (exact) mass is 574 g/mol. The van der Waals surface area contributed by atoms with E-state index >= 15 is 0 Å². The third-order valence-corrected chi connectivity index (χ3v) is 5.82. The standard InChI is InChI=1S/C19H14BrCl3N6O4/c1-8-14(23)11(22)6-9(17(30)26-27-19(32)33-2)15(8)25-18(31)12-7-13(20)28-29(12)16-10(21)4-3-5-24-16/h3-7H,1-2H3,(H,25,31)(H,26,30)(H,27,32). The Labute approximate surface area is 210 Å². The lowest BCUT2D eigenvalue weighted by atomic mass is 10.1. The molecule has 10 nitrogen and oxygen atoms in total. The van der Waals surface area contributed by atoms with Crippen LogP contribution < -0.4 is 16.2 Å². The van der Waals surface area contributed by atoms with Crippen LogP contribution in [0.2, 0.25) is 15.1 Å². The number of pyridine rings is 1. The molecule has 0 saturated heterocycles. The number of halogens is 4. The Hall–Kier alpha value is -2.86. The molecular formula is C19H14BrCl3N6O4. The van der Waals surface area contributed by atoms with Crippen LogP contribution in [0.25, 0.3) is 5.82 Å². The SMILES string of the molecule is COC(=O)NNC(=O)c1cc(Cl)c(Cl)c(C)c1NC(=O)c1cc(Br)nn1-c1ncccc1Cl. The van der Waals surface area contributed by atoms with Gasteiger partial charge in [-0.15, -0.1) is 0 Å². The van der Waals surface area contributed by atoms with Crippen molar-refractivity contribution in [2.75, 3.05) is 12.4 Å². The normalized spacial score (nSPS) is 10.5. The molecule has 0 spiro atoms. The number of rotatable bonds is 4. The van der Waals surface area contributed by atoms with Crippen molar-refractivity contribution in [1.82, 2.24) is 25.6 Å². The summed E-state index contributed by atoms with van der Waals surface area (Å²) in [6, 6.07) is 5.94. The second-order valence-electron chi connectivity index (χ2n) is 6.32. The molecular weight excluding hydrogens is 563 g/mol. The summed E-state index contributed by atoms with van der Waals surface area (Å²) in [6.45, 7) is 1.57. The Morgan fingerprint density at radius 3 is 2.48 bits per heavy atom. The predicted molar refractivity (Wildman–Crippen MR) is 126 cm³/mol. The number of hydrogen-bond donors (Lipinski definition) is 3. The minimum atomic E-state index is -0.897. The highest BCUT2D eigenvalue weighted by molar-refractivity contribution is 9.10. The van der Waals surface area contributed by atoms with Gasteiger partial charge in [-0.05, 0) is 46.6 Å². The molecule has 0 radical (unpaired) electrons. The van der Waals surface area contributed by atoms with Crippen molar-refractivity contribution in [2.24, 2.45) is 0 Å². The smallest absolute Gasteiger partial charge is 0.425 e. The van der Waals surface area contributed by atoms with Gasteiger partial charge >= 0.3 is 6.09 Å². The maximum absolute atomic E-state index is 13.2. The minimum absolute atomic E-state index is 0.0620. The van der Waals surface area contributed by atoms with Gasteiger partial charge in [-0.1, -0.05) is 34.8 Å². The summed E-state index contributed by atoms with van der Waals surface area (Å²) in [7, 11) is 1.13. The first-order chi connectivity index (χ1) is 15.6. The number of amides is 3. The van der Waals surface area contributed by atoms with Crippen LogP contribution in [0.3, 0.4) is 0 Å². The van der Waals surface area contributed by atoms with E-state index < -0.39 is 17.9 Å². The van der Waals surface area contributed by atoms with Crippen molar-refractivity contribution >= 4 is 74.3 Å². The van der Waals surface area contributed by atoms with Gasteiger partial charge in [0.25, 0.3) is 11.8 Å². The fraction of sp³-hybridized carbons (Fsp3) is 0.105. The van der Waals surface area contributed by atoms with E-state index in [0.717, 1.165) is 7.11 Å². The van der Waals surface area contributed by atoms with Gasteiger partial charge in [0, 0.05) is 12.3 Å². The van der Waals surface area contributed by atoms with Crippen LogP contribution in [0.15, 0.2) is 35.1 Å². The van der Waals surface area contributed by atoms with E-state index in [2.05, 4.69) is 41.5 Å². The number of aromatic nitrogens is 3. The highest BCUT2D eigenvalue weighted by Crippen LogP contribution is 2.35. The van der Waals surface area contributed by atoms with Crippen molar-refractivity contribution in [3.8, 4) is 5.82 Å². The molecule has 172 valence electrons. The van der Waals surface area contributed by atoms with E-state index in [9.17, 15) is 14.4 Å². The van der Waals surface area contributed by atoms with Crippen molar-refractivity contribution in [1.29, 1.82) is 0 Å². The molecule has 0 aliphatic rings. The maximum Gasteiger partial charge on any atom is 0.425 e. The number of nitrogens with zero attached hydrogens (tertiary/aromatic N) is 3. The Morgan fingerprint density at radius 2 is 1.82 bits per heavy atom. The van der Waals surface area contributed by atoms with E-state index in [-0.39, 0.29) is 37.8 Å². The summed E-state index contributed by atoms with van der Waals surface area (Å²) in [5.74, 6) is -1.20. The second kappa shape index (κ2) is 10.4. The first kappa shape index (κ1) is 24.8. The topological polar surface area (TPSA) is 127 Å². The Kier molecular flexibility index (Phi) is 7.80. The Morgan fingerprint density at radius 1 is 1.09 bits per heavy atom. The van der Waals surface area contributed by atoms with E-state index in [1.165, 1.54) is 23.0 Å². The average molecular weight is 577 g/mol. The van der Waals surface area contributed by atoms with Crippen LogP contribution >= 0.6 is 50.7 Å². The summed E-state index contributed by atoms with van der Waals surface area (Å²) < 4.78 is 6.00. The molecule has 0 aliphatic heterocycles. The number of hydrogen-bond acceptors (Lipinski definition) is 6. The number of methoxy groups -OCH3 is 1. The van der Waals surface area contributed by atoms with Gasteiger partial charge in [0.2, 0.25) is 0 Å². The van der Waals surface area contributed by atoms with Gasteiger partial charge < -0.3 is 10.1 Å². The molecule has 0 aliphatic carbocycles. The summed E-state index contributed by atoms with van der Waals surface area (Å²) in [5, 5.41) is 7.33. The molecule has 0 saturated carbocycles. The van der Waals surface area contributed by atoms with Crippen LogP contribution in [-0.4, -0.2) is 39.8 Å². The summed E-state index contributed by atoms with van der Waals surface area (Å²) in [5.41, 5.74) is 4.59. The number of carbonyl (C=O) groups excluding carboxylic acids is 3. The highest BCUT2D eigenvalue weighted by atomic mass is 79.9. The van der Waals surface area contributed by atoms with Gasteiger partial charge in [0.05, 0.1) is 33.4 Å². The molecule has 2 heterocycles. The van der Waals surface area contributed by atoms with E-state index in [0.29, 0.717) is 10.2 Å². The van der Waals surface area contributed by atoms with Gasteiger partial charge in [-0.3, -0.25) is 15.0 Å². The molecule has 3 amide bonds. The van der Waals surface area contributed by atoms with Crippen LogP contribution in [0, 0.1) is 6.92 Å². The predicted octanol–water partition coefficient (Wildman–Crippen LogP) is 4.55. The van der Waals surface area contributed by atoms with Gasteiger partial charge in [-0.25, -0.2) is 19.9 Å². The fourth-order valence-corrected chi connectivity index (χ4v) is 3.68. The van der Waals surface area contributed by atoms with E-state index in [1.807, 2.05) is 5.43 Å². The summed E-state index contributed by atoms with van der Waals surface area (Å²) in [4.78, 5) is 41.3. The minimum Gasteiger partial charge on any atom is -0.452 e. The molecule has 0 fully saturated rings. The lowest BCUT2D eigenvalue weighted by Crippen LogP contribution is -2.41. The lowest BCUT2D eigenvalue weighted by Gasteiger charge is -2.17. The van der Waals surface area contributed by atoms with Crippen LogP contribution in [0.1, 0.15) is 26.4 Å². The molecule has 0 atom stereocenters. The fourth-order valence-electron chi connectivity index (χ4n) is 2.71. The summed E-state index contributed by atoms with van der Waals surface area (Å²) >= 11 is 21.8. The van der Waals surface area contributed by atoms with Crippen LogP contribution in [0.5, 0.6) is 0 Å². The first-order valence-electron chi connectivity index (χ1n) is 8.94. The third-order valence-electron chi connectivity index (χ3n) is 4.25. The molecule has 3 N–H and O–H groups in total. The zero-order valence-corrected chi connectivity index (χ0v) is 20.7. The number of anilines is 1. The molecule has 2 aromatic heterocycles.